The molecular weight excluding hydrogens is 490 g/mol. The largest absolute Gasteiger partial charge is 0.507 e. The minimum atomic E-state index is -0.351. The second-order valence-electron chi connectivity index (χ2n) is 10.1. The van der Waals surface area contributed by atoms with Crippen LogP contribution >= 0.6 is 11.6 Å². The van der Waals surface area contributed by atoms with Gasteiger partial charge in [-0.2, -0.15) is 5.26 Å². The number of phenolic OH excluding ortho intramolecular Hbond substituents is 1. The van der Waals surface area contributed by atoms with E-state index < -0.39 is 0 Å². The number of pyridine rings is 2. The van der Waals surface area contributed by atoms with Crippen molar-refractivity contribution in [3.8, 4) is 11.8 Å². The summed E-state index contributed by atoms with van der Waals surface area (Å²) in [5.74, 6) is 0.910. The molecule has 0 atom stereocenters. The van der Waals surface area contributed by atoms with Crippen LogP contribution in [0.1, 0.15) is 49.7 Å². The summed E-state index contributed by atoms with van der Waals surface area (Å²) in [6, 6.07) is 12.9. The van der Waals surface area contributed by atoms with Crippen LogP contribution < -0.4 is 10.5 Å². The SMILES string of the molecule is CN(c1c(C#N)c(=O)n(C)c2ccc(Cl)nc12)C1CCC(/C(=N/OCC2CC2)c2ccccc2O)CC1. The van der Waals surface area contributed by atoms with Crippen molar-refractivity contribution in [1.29, 1.82) is 5.26 Å². The number of aryl methyl sites for hydroxylation is 1. The zero-order valence-electron chi connectivity index (χ0n) is 21.0. The molecule has 2 heterocycles. The van der Waals surface area contributed by atoms with E-state index in [1.807, 2.05) is 24.1 Å². The molecule has 0 radical (unpaired) electrons. The maximum Gasteiger partial charge on any atom is 0.270 e. The molecule has 0 bridgehead atoms. The van der Waals surface area contributed by atoms with Gasteiger partial charge in [-0.15, -0.1) is 0 Å². The number of benzene rings is 1. The molecule has 8 nitrogen and oxygen atoms in total. The van der Waals surface area contributed by atoms with E-state index in [0.29, 0.717) is 40.0 Å². The van der Waals surface area contributed by atoms with Crippen molar-refractivity contribution in [3.05, 3.63) is 63.0 Å². The number of hydrogen-bond acceptors (Lipinski definition) is 7. The van der Waals surface area contributed by atoms with E-state index in [1.54, 1.807) is 31.3 Å². The lowest BCUT2D eigenvalue weighted by molar-refractivity contribution is 0.131. The molecule has 37 heavy (non-hydrogen) atoms. The average Bonchev–Trinajstić information content (AvgIpc) is 3.73. The van der Waals surface area contributed by atoms with Crippen molar-refractivity contribution >= 4 is 34.0 Å². The fraction of sp³-hybridized carbons (Fsp3) is 0.429. The average molecular weight is 520 g/mol. The summed E-state index contributed by atoms with van der Waals surface area (Å²) >= 11 is 6.21. The highest BCUT2D eigenvalue weighted by molar-refractivity contribution is 6.29. The van der Waals surface area contributed by atoms with Crippen LogP contribution in [0.2, 0.25) is 5.15 Å². The molecule has 0 spiro atoms. The van der Waals surface area contributed by atoms with Gasteiger partial charge in [-0.3, -0.25) is 4.79 Å². The van der Waals surface area contributed by atoms with Crippen LogP contribution in [0.25, 0.3) is 11.0 Å². The molecular formula is C28H30ClN5O3. The Morgan fingerprint density at radius 2 is 1.95 bits per heavy atom. The van der Waals surface area contributed by atoms with Gasteiger partial charge in [-0.1, -0.05) is 28.9 Å². The summed E-state index contributed by atoms with van der Waals surface area (Å²) in [6.45, 7) is 0.609. The van der Waals surface area contributed by atoms with Crippen LogP contribution in [0.3, 0.4) is 0 Å². The van der Waals surface area contributed by atoms with Crippen LogP contribution in [0.5, 0.6) is 5.75 Å². The minimum absolute atomic E-state index is 0.0688. The molecule has 2 aliphatic rings. The standard InChI is InChI=1S/C28H30ClN5O3/c1-33(27-21(15-30)28(36)34(2)22-13-14-24(29)31-26(22)27)19-11-9-18(10-12-19)25(32-37-16-17-7-8-17)20-5-3-4-6-23(20)35/h3-6,13-14,17-19,35H,7-12,16H2,1-2H3/b32-25-. The Bertz CT molecular complexity index is 1450. The fourth-order valence-electron chi connectivity index (χ4n) is 5.26. The highest BCUT2D eigenvalue weighted by Crippen LogP contribution is 2.37. The Morgan fingerprint density at radius 1 is 1.22 bits per heavy atom. The van der Waals surface area contributed by atoms with Crippen molar-refractivity contribution in [2.75, 3.05) is 18.6 Å². The van der Waals surface area contributed by atoms with E-state index in [4.69, 9.17) is 16.4 Å². The van der Waals surface area contributed by atoms with Gasteiger partial charge in [0, 0.05) is 31.6 Å². The normalized spacial score (nSPS) is 20.0. The zero-order chi connectivity index (χ0) is 26.1. The second-order valence-corrected chi connectivity index (χ2v) is 10.4. The van der Waals surface area contributed by atoms with E-state index in [0.717, 1.165) is 31.4 Å². The van der Waals surface area contributed by atoms with Crippen molar-refractivity contribution in [3.63, 3.8) is 0 Å². The summed E-state index contributed by atoms with van der Waals surface area (Å²) in [4.78, 5) is 25.2. The highest BCUT2D eigenvalue weighted by atomic mass is 35.5. The minimum Gasteiger partial charge on any atom is -0.507 e. The molecule has 9 heteroatoms. The molecule has 0 amide bonds. The molecule has 0 unspecified atom stereocenters. The van der Waals surface area contributed by atoms with Crippen LogP contribution in [-0.4, -0.2) is 40.1 Å². The molecule has 1 N–H and O–H groups in total. The van der Waals surface area contributed by atoms with Gasteiger partial charge >= 0.3 is 0 Å². The number of oxime groups is 1. The lowest BCUT2D eigenvalue weighted by atomic mass is 9.80. The Labute approximate surface area is 220 Å². The van der Waals surface area contributed by atoms with Gasteiger partial charge < -0.3 is 19.4 Å². The van der Waals surface area contributed by atoms with E-state index >= 15 is 0 Å². The van der Waals surface area contributed by atoms with Gasteiger partial charge in [0.05, 0.1) is 16.9 Å². The first-order valence-electron chi connectivity index (χ1n) is 12.7. The van der Waals surface area contributed by atoms with Gasteiger partial charge in [0.15, 0.2) is 0 Å². The Kier molecular flexibility index (Phi) is 7.07. The molecule has 1 aromatic carbocycles. The molecule has 2 fully saturated rings. The molecule has 2 saturated carbocycles. The van der Waals surface area contributed by atoms with Gasteiger partial charge in [0.1, 0.15) is 34.7 Å². The van der Waals surface area contributed by atoms with Crippen molar-refractivity contribution in [1.82, 2.24) is 9.55 Å². The number of aromatic hydroxyl groups is 1. The summed E-state index contributed by atoms with van der Waals surface area (Å²) in [6.07, 6.45) is 5.65. The number of halogens is 1. The van der Waals surface area contributed by atoms with Crippen LogP contribution in [0, 0.1) is 23.2 Å². The Hall–Kier alpha value is -3.57. The number of phenols is 1. The first kappa shape index (κ1) is 25.1. The second kappa shape index (κ2) is 10.4. The number of rotatable bonds is 7. The number of nitrogens with zero attached hydrogens (tertiary/aromatic N) is 5. The molecule has 3 aromatic rings. The van der Waals surface area contributed by atoms with E-state index in [2.05, 4.69) is 16.2 Å². The van der Waals surface area contributed by atoms with E-state index in [-0.39, 0.29) is 28.8 Å². The van der Waals surface area contributed by atoms with E-state index in [1.165, 1.54) is 17.4 Å². The summed E-state index contributed by atoms with van der Waals surface area (Å²) in [7, 11) is 3.56. The van der Waals surface area contributed by atoms with Gasteiger partial charge in [-0.05, 0) is 68.7 Å². The molecule has 192 valence electrons. The number of nitriles is 1. The predicted octanol–water partition coefficient (Wildman–Crippen LogP) is 4.99. The van der Waals surface area contributed by atoms with Crippen molar-refractivity contribution in [2.24, 2.45) is 24.0 Å². The van der Waals surface area contributed by atoms with Gasteiger partial charge in [-0.25, -0.2) is 4.98 Å². The molecule has 2 aromatic heterocycles. The van der Waals surface area contributed by atoms with Crippen molar-refractivity contribution < 1.29 is 9.94 Å². The fourth-order valence-corrected chi connectivity index (χ4v) is 5.41. The van der Waals surface area contributed by atoms with Gasteiger partial charge in [0.2, 0.25) is 0 Å². The third kappa shape index (κ3) is 5.01. The quantitative estimate of drug-likeness (QED) is 0.268. The van der Waals surface area contributed by atoms with Crippen LogP contribution in [-0.2, 0) is 11.9 Å². The third-order valence-corrected chi connectivity index (χ3v) is 7.84. The third-order valence-electron chi connectivity index (χ3n) is 7.63. The number of hydrogen-bond donors (Lipinski definition) is 1. The van der Waals surface area contributed by atoms with Crippen molar-refractivity contribution in [2.45, 2.75) is 44.6 Å². The maximum absolute atomic E-state index is 13.0. The summed E-state index contributed by atoms with van der Waals surface area (Å²) < 4.78 is 1.45. The van der Waals surface area contributed by atoms with E-state index in [9.17, 15) is 15.2 Å². The first-order valence-corrected chi connectivity index (χ1v) is 13.1. The van der Waals surface area contributed by atoms with Crippen LogP contribution in [0.15, 0.2) is 46.3 Å². The topological polar surface area (TPSA) is 104 Å². The van der Waals surface area contributed by atoms with Gasteiger partial charge in [0.25, 0.3) is 5.56 Å². The molecule has 5 rings (SSSR count). The Balaban J connectivity index is 1.41. The smallest absolute Gasteiger partial charge is 0.270 e. The molecule has 0 aliphatic heterocycles. The maximum atomic E-state index is 13.0. The lowest BCUT2D eigenvalue weighted by Crippen LogP contribution is -2.38. The molecule has 2 aliphatic carbocycles. The summed E-state index contributed by atoms with van der Waals surface area (Å²) in [5, 5.41) is 25.2. The number of aromatic nitrogens is 2. The number of fused-ring (bicyclic) bond motifs is 1. The van der Waals surface area contributed by atoms with Crippen LogP contribution in [0.4, 0.5) is 5.69 Å². The summed E-state index contributed by atoms with van der Waals surface area (Å²) in [5.41, 5.74) is 2.90. The first-order chi connectivity index (χ1) is 17.9. The number of para-hydroxylation sites is 1. The molecule has 0 saturated heterocycles. The highest BCUT2D eigenvalue weighted by Gasteiger charge is 2.32. The predicted molar refractivity (Wildman–Crippen MR) is 144 cm³/mol. The Morgan fingerprint density at radius 3 is 2.62 bits per heavy atom. The number of anilines is 1. The zero-order valence-corrected chi connectivity index (χ0v) is 21.8. The monoisotopic (exact) mass is 519 g/mol. The lowest BCUT2D eigenvalue weighted by Gasteiger charge is -2.37.